The first kappa shape index (κ1) is 17.6. The fourth-order valence-electron chi connectivity index (χ4n) is 1.13. The summed E-state index contributed by atoms with van der Waals surface area (Å²) in [5.74, 6) is -0.0701. The Kier molecular flexibility index (Phi) is 7.07. The van der Waals surface area contributed by atoms with Gasteiger partial charge in [-0.25, -0.2) is 9.65 Å². The van der Waals surface area contributed by atoms with Crippen molar-refractivity contribution in [1.29, 1.82) is 0 Å². The zero-order valence-corrected chi connectivity index (χ0v) is 12.7. The summed E-state index contributed by atoms with van der Waals surface area (Å²) in [6, 6.07) is 0. The highest BCUT2D eigenvalue weighted by molar-refractivity contribution is 7.50. The molecule has 0 aromatic carbocycles. The van der Waals surface area contributed by atoms with E-state index in [1.165, 1.54) is 0 Å². The van der Waals surface area contributed by atoms with Crippen LogP contribution in [-0.2, 0) is 13.9 Å². The second-order valence-corrected chi connectivity index (χ2v) is 6.97. The Labute approximate surface area is 109 Å². The topological polar surface area (TPSA) is 87.7 Å². The average Bonchev–Trinajstić information content (AvgIpc) is 2.12. The third kappa shape index (κ3) is 9.59. The normalized spacial score (nSPS) is 15.5. The lowest BCUT2D eigenvalue weighted by Crippen LogP contribution is -2.30. The van der Waals surface area contributed by atoms with Crippen LogP contribution in [0.5, 0.6) is 0 Å². The van der Waals surface area contributed by atoms with Crippen LogP contribution in [0.3, 0.4) is 0 Å². The summed E-state index contributed by atoms with van der Waals surface area (Å²) in [6.07, 6.45) is 0.566. The quantitative estimate of drug-likeness (QED) is 0.487. The van der Waals surface area contributed by atoms with Crippen molar-refractivity contribution in [3.63, 3.8) is 0 Å². The summed E-state index contributed by atoms with van der Waals surface area (Å²) in [7, 11) is -3.76. The molecule has 1 atom stereocenters. The van der Waals surface area contributed by atoms with Gasteiger partial charge in [0, 0.05) is 19.0 Å². The molecule has 1 amide bonds. The predicted molar refractivity (Wildman–Crippen MR) is 71.1 cm³/mol. The minimum Gasteiger partial charge on any atom is -0.356 e. The molecule has 0 fully saturated rings. The van der Waals surface area contributed by atoms with Gasteiger partial charge in [0.1, 0.15) is 0 Å². The molecule has 18 heavy (non-hydrogen) atoms. The molecule has 6 nitrogen and oxygen atoms in total. The average molecular weight is 280 g/mol. The molecule has 0 bridgehead atoms. The summed E-state index contributed by atoms with van der Waals surface area (Å²) in [5, 5.41) is 5.18. The number of carbonyl (C=O) groups excluding carboxylic acids is 1. The first-order chi connectivity index (χ1) is 8.03. The number of carbonyl (C=O) groups is 1. The molecular formula is C11H25N2O4P. The second-order valence-electron chi connectivity index (χ2n) is 5.43. The van der Waals surface area contributed by atoms with Gasteiger partial charge in [0.05, 0.1) is 5.60 Å². The Morgan fingerprint density at radius 2 is 1.89 bits per heavy atom. The van der Waals surface area contributed by atoms with E-state index >= 15 is 0 Å². The number of amides is 1. The van der Waals surface area contributed by atoms with E-state index in [0.29, 0.717) is 19.5 Å². The van der Waals surface area contributed by atoms with E-state index in [0.717, 1.165) is 0 Å². The molecule has 0 aromatic heterocycles. The smallest absolute Gasteiger partial charge is 0.356 e. The summed E-state index contributed by atoms with van der Waals surface area (Å²) in [6.45, 7) is 9.53. The van der Waals surface area contributed by atoms with Crippen LogP contribution in [0.1, 0.15) is 41.0 Å². The van der Waals surface area contributed by atoms with Gasteiger partial charge in [-0.2, -0.15) is 0 Å². The highest BCUT2D eigenvalue weighted by Gasteiger charge is 2.26. The molecule has 0 saturated carbocycles. The number of rotatable bonds is 7. The molecule has 0 rings (SSSR count). The lowest BCUT2D eigenvalue weighted by molar-refractivity contribution is -0.123. The lowest BCUT2D eigenvalue weighted by atomic mass is 10.2. The van der Waals surface area contributed by atoms with Gasteiger partial charge in [0.2, 0.25) is 5.91 Å². The Morgan fingerprint density at radius 1 is 1.33 bits per heavy atom. The van der Waals surface area contributed by atoms with E-state index in [1.807, 2.05) is 13.8 Å². The first-order valence-electron chi connectivity index (χ1n) is 6.10. The molecule has 0 aliphatic rings. The number of nitrogens with one attached hydrogen (secondary N) is 2. The van der Waals surface area contributed by atoms with Crippen LogP contribution in [0.25, 0.3) is 0 Å². The fourth-order valence-corrected chi connectivity index (χ4v) is 2.38. The molecule has 7 heteroatoms. The van der Waals surface area contributed by atoms with Crippen molar-refractivity contribution < 1.29 is 18.8 Å². The maximum atomic E-state index is 11.6. The van der Waals surface area contributed by atoms with Gasteiger partial charge < -0.3 is 10.2 Å². The standard InChI is InChI=1S/C11H25N2O4P/c1-9(2)10(14)12-7-6-8-13-18(15,16)17-11(3,4)5/h9H,6-8H2,1-5H3,(H,12,14)(H2,13,15,16). The summed E-state index contributed by atoms with van der Waals surface area (Å²) in [4.78, 5) is 20.7. The predicted octanol–water partition coefficient (Wildman–Crippen LogP) is 1.65. The van der Waals surface area contributed by atoms with Gasteiger partial charge in [-0.05, 0) is 27.2 Å². The monoisotopic (exact) mass is 280 g/mol. The van der Waals surface area contributed by atoms with Gasteiger partial charge in [0.25, 0.3) is 0 Å². The van der Waals surface area contributed by atoms with Gasteiger partial charge in [-0.1, -0.05) is 13.8 Å². The molecule has 3 N–H and O–H groups in total. The Morgan fingerprint density at radius 3 is 2.33 bits per heavy atom. The lowest BCUT2D eigenvalue weighted by Gasteiger charge is -2.23. The van der Waals surface area contributed by atoms with Crippen molar-refractivity contribution in [1.82, 2.24) is 10.4 Å². The fraction of sp³-hybridized carbons (Fsp3) is 0.909. The van der Waals surface area contributed by atoms with Gasteiger partial charge in [-0.3, -0.25) is 9.32 Å². The van der Waals surface area contributed by atoms with Crippen molar-refractivity contribution in [2.75, 3.05) is 13.1 Å². The van der Waals surface area contributed by atoms with Gasteiger partial charge >= 0.3 is 7.75 Å². The van der Waals surface area contributed by atoms with E-state index in [2.05, 4.69) is 10.4 Å². The highest BCUT2D eigenvalue weighted by Crippen LogP contribution is 2.41. The third-order valence-corrected chi connectivity index (χ3v) is 3.30. The summed E-state index contributed by atoms with van der Waals surface area (Å²) in [5.41, 5.74) is -0.677. The third-order valence-electron chi connectivity index (χ3n) is 1.89. The molecule has 0 aromatic rings. The van der Waals surface area contributed by atoms with Crippen LogP contribution >= 0.6 is 7.75 Å². The Hall–Kier alpha value is -0.420. The van der Waals surface area contributed by atoms with Gasteiger partial charge in [-0.15, -0.1) is 0 Å². The second kappa shape index (κ2) is 7.24. The SMILES string of the molecule is CC(C)C(=O)NCCCNP(=O)(O)OC(C)(C)C. The molecule has 1 unspecified atom stereocenters. The summed E-state index contributed by atoms with van der Waals surface area (Å²) >= 11 is 0. The van der Waals surface area contributed by atoms with E-state index in [9.17, 15) is 14.3 Å². The van der Waals surface area contributed by atoms with Gasteiger partial charge in [0.15, 0.2) is 0 Å². The van der Waals surface area contributed by atoms with Crippen LogP contribution in [0.2, 0.25) is 0 Å². The molecule has 108 valence electrons. The van der Waals surface area contributed by atoms with Crippen LogP contribution in [-0.4, -0.2) is 29.5 Å². The maximum Gasteiger partial charge on any atom is 0.403 e. The first-order valence-corrected chi connectivity index (χ1v) is 7.67. The van der Waals surface area contributed by atoms with Crippen molar-refractivity contribution in [3.05, 3.63) is 0 Å². The van der Waals surface area contributed by atoms with E-state index in [-0.39, 0.29) is 11.8 Å². The maximum absolute atomic E-state index is 11.6. The largest absolute Gasteiger partial charge is 0.403 e. The Bertz CT molecular complexity index is 313. The van der Waals surface area contributed by atoms with Crippen molar-refractivity contribution in [2.45, 2.75) is 46.6 Å². The molecule has 0 aliphatic carbocycles. The van der Waals surface area contributed by atoms with Crippen LogP contribution in [0.15, 0.2) is 0 Å². The molecule has 0 saturated heterocycles. The highest BCUT2D eigenvalue weighted by atomic mass is 31.2. The minimum atomic E-state index is -3.76. The van der Waals surface area contributed by atoms with E-state index in [4.69, 9.17) is 4.52 Å². The van der Waals surface area contributed by atoms with Crippen molar-refractivity contribution in [2.24, 2.45) is 5.92 Å². The van der Waals surface area contributed by atoms with Crippen molar-refractivity contribution >= 4 is 13.7 Å². The molecule has 0 spiro atoms. The molecule has 0 aliphatic heterocycles. The van der Waals surface area contributed by atoms with E-state index in [1.54, 1.807) is 20.8 Å². The van der Waals surface area contributed by atoms with Crippen molar-refractivity contribution in [3.8, 4) is 0 Å². The van der Waals surface area contributed by atoms with Crippen LogP contribution < -0.4 is 10.4 Å². The van der Waals surface area contributed by atoms with E-state index < -0.39 is 13.3 Å². The zero-order valence-electron chi connectivity index (χ0n) is 11.8. The summed E-state index contributed by atoms with van der Waals surface area (Å²) < 4.78 is 16.6. The number of hydrogen-bond acceptors (Lipinski definition) is 3. The zero-order chi connectivity index (χ0) is 14.4. The number of hydrogen-bond donors (Lipinski definition) is 3. The minimum absolute atomic E-state index is 0.0203. The van der Waals surface area contributed by atoms with Crippen LogP contribution in [0, 0.1) is 5.92 Å². The Balaban J connectivity index is 3.78. The molecular weight excluding hydrogens is 255 g/mol. The van der Waals surface area contributed by atoms with Crippen LogP contribution in [0.4, 0.5) is 0 Å². The molecule has 0 radical (unpaired) electrons. The molecule has 0 heterocycles.